The van der Waals surface area contributed by atoms with Crippen LogP contribution in [0.5, 0.6) is 0 Å². The number of piperidine rings is 1. The van der Waals surface area contributed by atoms with Crippen LogP contribution < -0.4 is 5.73 Å². The fourth-order valence-corrected chi connectivity index (χ4v) is 3.67. The van der Waals surface area contributed by atoms with Gasteiger partial charge in [0, 0.05) is 25.6 Å². The first-order valence-electron chi connectivity index (χ1n) is 7.22. The Hall–Kier alpha value is -1.68. The molecule has 0 aromatic heterocycles. The van der Waals surface area contributed by atoms with E-state index < -0.39 is 11.3 Å². The Balaban J connectivity index is 1.82. The highest BCUT2D eigenvalue weighted by molar-refractivity contribution is 6.07. The lowest BCUT2D eigenvalue weighted by Gasteiger charge is -2.46. The number of primary amides is 1. The first kappa shape index (κ1) is 13.3. The maximum Gasteiger partial charge on any atom is 0.232 e. The van der Waals surface area contributed by atoms with Crippen LogP contribution in [0, 0.1) is 11.3 Å². The number of benzene rings is 1. The number of carbonyl (C=O) groups excluding carboxylic acids is 2. The van der Waals surface area contributed by atoms with Gasteiger partial charge in [0.15, 0.2) is 5.78 Å². The van der Waals surface area contributed by atoms with E-state index in [-0.39, 0.29) is 11.7 Å². The summed E-state index contributed by atoms with van der Waals surface area (Å²) in [5.74, 6) is -0.376. The topological polar surface area (TPSA) is 63.4 Å². The number of carbonyl (C=O) groups is 2. The van der Waals surface area contributed by atoms with E-state index in [1.807, 2.05) is 18.2 Å². The number of hydrogen-bond donors (Lipinski definition) is 1. The lowest BCUT2D eigenvalue weighted by atomic mass is 9.65. The molecule has 3 rings (SSSR count). The van der Waals surface area contributed by atoms with Gasteiger partial charge in [-0.25, -0.2) is 0 Å². The first-order valence-corrected chi connectivity index (χ1v) is 7.22. The van der Waals surface area contributed by atoms with Crippen LogP contribution in [0.2, 0.25) is 0 Å². The number of Topliss-reactive ketones (excluding diaryl/α,β-unsaturated/α-hetero) is 1. The predicted molar refractivity (Wildman–Crippen MR) is 75.7 cm³/mol. The Kier molecular flexibility index (Phi) is 3.34. The molecule has 106 valence electrons. The Morgan fingerprint density at radius 2 is 2.10 bits per heavy atom. The zero-order chi connectivity index (χ0) is 14.2. The van der Waals surface area contributed by atoms with Gasteiger partial charge >= 0.3 is 0 Å². The van der Waals surface area contributed by atoms with E-state index in [1.165, 1.54) is 5.56 Å². The van der Waals surface area contributed by atoms with Crippen LogP contribution in [0.1, 0.15) is 24.8 Å². The smallest absolute Gasteiger partial charge is 0.232 e. The maximum atomic E-state index is 12.4. The highest BCUT2D eigenvalue weighted by Gasteiger charge is 2.53. The second-order valence-electron chi connectivity index (χ2n) is 6.05. The van der Waals surface area contributed by atoms with Crippen molar-refractivity contribution in [2.45, 2.75) is 25.8 Å². The molecular formula is C16H20N2O2. The van der Waals surface area contributed by atoms with Gasteiger partial charge in [-0.3, -0.25) is 14.5 Å². The Morgan fingerprint density at radius 1 is 1.35 bits per heavy atom. The van der Waals surface area contributed by atoms with Crippen LogP contribution in [0.15, 0.2) is 30.3 Å². The molecule has 2 aliphatic rings. The van der Waals surface area contributed by atoms with Gasteiger partial charge in [-0.15, -0.1) is 0 Å². The van der Waals surface area contributed by atoms with E-state index in [0.717, 1.165) is 25.9 Å². The van der Waals surface area contributed by atoms with Gasteiger partial charge in [0.1, 0.15) is 5.41 Å². The quantitative estimate of drug-likeness (QED) is 0.845. The van der Waals surface area contributed by atoms with E-state index in [4.69, 9.17) is 5.73 Å². The lowest BCUT2D eigenvalue weighted by Crippen LogP contribution is -2.61. The third-order valence-electron chi connectivity index (χ3n) is 4.69. The highest BCUT2D eigenvalue weighted by Crippen LogP contribution is 2.41. The van der Waals surface area contributed by atoms with E-state index in [2.05, 4.69) is 17.0 Å². The van der Waals surface area contributed by atoms with Crippen molar-refractivity contribution in [2.75, 3.05) is 13.1 Å². The molecule has 4 nitrogen and oxygen atoms in total. The lowest BCUT2D eigenvalue weighted by molar-refractivity contribution is -0.153. The molecule has 2 atom stereocenters. The standard InChI is InChI=1S/C16H20N2O2/c17-15(20)16-8-4-7-13(14(16)19)10-18(11-16)9-12-5-2-1-3-6-12/h1-3,5-6,13H,4,7-11H2,(H2,17,20)/t13-,16-/m0/s1. The number of nitrogens with zero attached hydrogens (tertiary/aromatic N) is 1. The summed E-state index contributed by atoms with van der Waals surface area (Å²) in [5, 5.41) is 0. The summed E-state index contributed by atoms with van der Waals surface area (Å²) in [5.41, 5.74) is 5.84. The monoisotopic (exact) mass is 272 g/mol. The van der Waals surface area contributed by atoms with Crippen LogP contribution in [0.3, 0.4) is 0 Å². The molecule has 4 heteroatoms. The van der Waals surface area contributed by atoms with Crippen molar-refractivity contribution in [3.8, 4) is 0 Å². The van der Waals surface area contributed by atoms with Crippen LogP contribution >= 0.6 is 0 Å². The first-order chi connectivity index (χ1) is 9.62. The molecule has 2 bridgehead atoms. The van der Waals surface area contributed by atoms with Gasteiger partial charge in [0.05, 0.1) is 0 Å². The van der Waals surface area contributed by atoms with Crippen molar-refractivity contribution in [2.24, 2.45) is 17.1 Å². The Labute approximate surface area is 118 Å². The fraction of sp³-hybridized carbons (Fsp3) is 0.500. The van der Waals surface area contributed by atoms with Crippen molar-refractivity contribution in [3.63, 3.8) is 0 Å². The maximum absolute atomic E-state index is 12.4. The number of nitrogens with two attached hydrogens (primary N) is 1. The summed E-state index contributed by atoms with van der Waals surface area (Å²) in [6, 6.07) is 10.2. The molecule has 0 spiro atoms. The number of hydrogen-bond acceptors (Lipinski definition) is 3. The summed E-state index contributed by atoms with van der Waals surface area (Å²) < 4.78 is 0. The van der Waals surface area contributed by atoms with E-state index in [1.54, 1.807) is 0 Å². The van der Waals surface area contributed by atoms with Gasteiger partial charge in [-0.2, -0.15) is 0 Å². The largest absolute Gasteiger partial charge is 0.369 e. The second-order valence-corrected chi connectivity index (χ2v) is 6.05. The Bertz CT molecular complexity index is 529. The summed E-state index contributed by atoms with van der Waals surface area (Å²) in [6.45, 7) is 2.01. The molecule has 1 saturated carbocycles. The second kappa shape index (κ2) is 5.02. The molecule has 1 aliphatic heterocycles. The van der Waals surface area contributed by atoms with Gasteiger partial charge in [-0.05, 0) is 18.4 Å². The van der Waals surface area contributed by atoms with Gasteiger partial charge in [-0.1, -0.05) is 36.8 Å². The SMILES string of the molecule is NC(=O)[C@@]12CCC[C@@H](CN(Cc3ccccc3)C1)C2=O. The molecular weight excluding hydrogens is 252 g/mol. The van der Waals surface area contributed by atoms with Crippen molar-refractivity contribution < 1.29 is 9.59 Å². The van der Waals surface area contributed by atoms with Gasteiger partial charge in [0.25, 0.3) is 0 Å². The van der Waals surface area contributed by atoms with Crippen LogP contribution in [0.4, 0.5) is 0 Å². The third kappa shape index (κ3) is 2.14. The summed E-state index contributed by atoms with van der Waals surface area (Å²) in [4.78, 5) is 26.5. The van der Waals surface area contributed by atoms with Gasteiger partial charge in [0.2, 0.25) is 5.91 Å². The average molecular weight is 272 g/mol. The average Bonchev–Trinajstić information content (AvgIpc) is 2.41. The fourth-order valence-electron chi connectivity index (χ4n) is 3.67. The minimum Gasteiger partial charge on any atom is -0.369 e. The molecule has 0 unspecified atom stereocenters. The van der Waals surface area contributed by atoms with E-state index in [9.17, 15) is 9.59 Å². The summed E-state index contributed by atoms with van der Waals surface area (Å²) in [6.07, 6.45) is 2.43. The molecule has 1 aromatic carbocycles. The van der Waals surface area contributed by atoms with Crippen molar-refractivity contribution in [3.05, 3.63) is 35.9 Å². The number of likely N-dealkylation sites (tertiary alicyclic amines) is 1. The third-order valence-corrected chi connectivity index (χ3v) is 4.69. The molecule has 20 heavy (non-hydrogen) atoms. The molecule has 2 N–H and O–H groups in total. The molecule has 1 aromatic rings. The van der Waals surface area contributed by atoms with Crippen molar-refractivity contribution in [1.29, 1.82) is 0 Å². The van der Waals surface area contributed by atoms with Crippen LogP contribution in [-0.2, 0) is 16.1 Å². The predicted octanol–water partition coefficient (Wildman–Crippen LogP) is 1.34. The Morgan fingerprint density at radius 3 is 2.80 bits per heavy atom. The summed E-state index contributed by atoms with van der Waals surface area (Å²) >= 11 is 0. The van der Waals surface area contributed by atoms with Crippen LogP contribution in [0.25, 0.3) is 0 Å². The van der Waals surface area contributed by atoms with Crippen LogP contribution in [-0.4, -0.2) is 29.7 Å². The molecule has 1 saturated heterocycles. The minimum atomic E-state index is -0.935. The molecule has 1 amide bonds. The zero-order valence-electron chi connectivity index (χ0n) is 11.5. The van der Waals surface area contributed by atoms with E-state index in [0.29, 0.717) is 13.0 Å². The normalized spacial score (nSPS) is 30.2. The number of rotatable bonds is 3. The molecule has 2 fully saturated rings. The number of ketones is 1. The number of amides is 1. The highest BCUT2D eigenvalue weighted by atomic mass is 16.2. The number of fused-ring (bicyclic) bond motifs is 2. The molecule has 1 aliphatic carbocycles. The molecule has 1 heterocycles. The van der Waals surface area contributed by atoms with Crippen molar-refractivity contribution in [1.82, 2.24) is 4.90 Å². The van der Waals surface area contributed by atoms with Crippen molar-refractivity contribution >= 4 is 11.7 Å². The summed E-state index contributed by atoms with van der Waals surface area (Å²) in [7, 11) is 0. The minimum absolute atomic E-state index is 0.0197. The van der Waals surface area contributed by atoms with Gasteiger partial charge < -0.3 is 5.73 Å². The zero-order valence-corrected chi connectivity index (χ0v) is 11.5. The molecule has 0 radical (unpaired) electrons. The van der Waals surface area contributed by atoms with E-state index >= 15 is 0 Å².